The van der Waals surface area contributed by atoms with E-state index in [0.717, 1.165) is 5.52 Å². The van der Waals surface area contributed by atoms with Gasteiger partial charge in [0.25, 0.3) is 5.56 Å². The summed E-state index contributed by atoms with van der Waals surface area (Å²) in [5.74, 6) is 0.638. The fourth-order valence-corrected chi connectivity index (χ4v) is 1.15. The van der Waals surface area contributed by atoms with E-state index in [1.807, 2.05) is 6.07 Å². The summed E-state index contributed by atoms with van der Waals surface area (Å²) in [6.45, 7) is 1.76. The van der Waals surface area contributed by atoms with Gasteiger partial charge < -0.3 is 4.98 Å². The molecule has 0 fully saturated rings. The van der Waals surface area contributed by atoms with Crippen molar-refractivity contribution in [2.24, 2.45) is 0 Å². The van der Waals surface area contributed by atoms with E-state index in [1.54, 1.807) is 19.1 Å². The van der Waals surface area contributed by atoms with Crippen LogP contribution < -0.4 is 5.56 Å². The van der Waals surface area contributed by atoms with Gasteiger partial charge in [-0.05, 0) is 25.1 Å². The van der Waals surface area contributed by atoms with E-state index in [4.69, 9.17) is 0 Å². The summed E-state index contributed by atoms with van der Waals surface area (Å²) in [5, 5.41) is 0.586. The Hall–Kier alpha value is -1.64. The molecule has 1 radical (unpaired) electrons. The summed E-state index contributed by atoms with van der Waals surface area (Å²) in [6.07, 6.45) is 0. The first kappa shape index (κ1) is 7.03. The third-order valence-electron chi connectivity index (χ3n) is 1.68. The number of fused-ring (bicyclic) bond motifs is 1. The topological polar surface area (TPSA) is 45.8 Å². The zero-order chi connectivity index (χ0) is 8.55. The molecule has 0 bridgehead atoms. The van der Waals surface area contributed by atoms with Gasteiger partial charge in [-0.1, -0.05) is 6.07 Å². The quantitative estimate of drug-likeness (QED) is 0.624. The number of benzene rings is 1. The average molecular weight is 159 g/mol. The molecule has 0 aliphatic carbocycles. The molecule has 3 heteroatoms. The molecular formula is C9H7N2O. The van der Waals surface area contributed by atoms with Crippen LogP contribution in [0.4, 0.5) is 0 Å². The number of aryl methyl sites for hydroxylation is 1. The average Bonchev–Trinajstić information content (AvgIpc) is 2.04. The van der Waals surface area contributed by atoms with Crippen molar-refractivity contribution in [1.82, 2.24) is 9.97 Å². The second-order valence-electron chi connectivity index (χ2n) is 2.60. The third-order valence-corrected chi connectivity index (χ3v) is 1.68. The molecule has 3 nitrogen and oxygen atoms in total. The number of aromatic amines is 1. The first-order valence-corrected chi connectivity index (χ1v) is 3.64. The van der Waals surface area contributed by atoms with Crippen molar-refractivity contribution in [2.45, 2.75) is 6.92 Å². The van der Waals surface area contributed by atoms with E-state index >= 15 is 0 Å². The van der Waals surface area contributed by atoms with E-state index in [0.29, 0.717) is 11.2 Å². The predicted octanol–water partition coefficient (Wildman–Crippen LogP) is 1.03. The van der Waals surface area contributed by atoms with Gasteiger partial charge in [0.05, 0.1) is 10.9 Å². The predicted molar refractivity (Wildman–Crippen MR) is 45.9 cm³/mol. The first-order valence-electron chi connectivity index (χ1n) is 3.64. The third kappa shape index (κ3) is 0.993. The smallest absolute Gasteiger partial charge is 0.280 e. The van der Waals surface area contributed by atoms with Gasteiger partial charge in [0, 0.05) is 0 Å². The van der Waals surface area contributed by atoms with Crippen LogP contribution >= 0.6 is 0 Å². The molecule has 0 saturated heterocycles. The summed E-state index contributed by atoms with van der Waals surface area (Å²) < 4.78 is 0. The molecular weight excluding hydrogens is 152 g/mol. The van der Waals surface area contributed by atoms with E-state index in [9.17, 15) is 4.79 Å². The Balaban J connectivity index is 2.99. The second kappa shape index (κ2) is 2.44. The van der Waals surface area contributed by atoms with Crippen LogP contribution in [0.3, 0.4) is 0 Å². The maximum atomic E-state index is 11.2. The SMILES string of the molecule is Cc1nc(=O)c2c[c]ccc2[nH]1. The Bertz CT molecular complexity index is 473. The van der Waals surface area contributed by atoms with Crippen LogP contribution in [0.5, 0.6) is 0 Å². The molecule has 1 aromatic heterocycles. The van der Waals surface area contributed by atoms with Crippen LogP contribution in [0.15, 0.2) is 23.0 Å². The maximum Gasteiger partial charge on any atom is 0.280 e. The number of hydrogen-bond donors (Lipinski definition) is 1. The van der Waals surface area contributed by atoms with Gasteiger partial charge in [-0.3, -0.25) is 4.79 Å². The van der Waals surface area contributed by atoms with Gasteiger partial charge in [-0.15, -0.1) is 0 Å². The molecule has 1 N–H and O–H groups in total. The number of aromatic nitrogens is 2. The molecule has 1 heterocycles. The highest BCUT2D eigenvalue weighted by Gasteiger charge is 1.97. The Morgan fingerprint density at radius 2 is 2.42 bits per heavy atom. The molecule has 0 saturated carbocycles. The van der Waals surface area contributed by atoms with Crippen LogP contribution in [-0.4, -0.2) is 9.97 Å². The van der Waals surface area contributed by atoms with Crippen molar-refractivity contribution in [2.75, 3.05) is 0 Å². The van der Waals surface area contributed by atoms with Crippen molar-refractivity contribution in [3.05, 3.63) is 40.4 Å². The van der Waals surface area contributed by atoms with E-state index in [1.165, 1.54) is 0 Å². The first-order chi connectivity index (χ1) is 5.77. The lowest BCUT2D eigenvalue weighted by Gasteiger charge is -1.96. The van der Waals surface area contributed by atoms with Gasteiger partial charge in [-0.2, -0.15) is 4.98 Å². The van der Waals surface area contributed by atoms with Gasteiger partial charge in [-0.25, -0.2) is 0 Å². The Morgan fingerprint density at radius 1 is 1.58 bits per heavy atom. The summed E-state index contributed by atoms with van der Waals surface area (Å²) >= 11 is 0. The maximum absolute atomic E-state index is 11.2. The highest BCUT2D eigenvalue weighted by molar-refractivity contribution is 5.76. The van der Waals surface area contributed by atoms with Gasteiger partial charge in [0.2, 0.25) is 0 Å². The zero-order valence-corrected chi connectivity index (χ0v) is 6.59. The number of nitrogens with zero attached hydrogens (tertiary/aromatic N) is 1. The van der Waals surface area contributed by atoms with Crippen LogP contribution in [0.2, 0.25) is 0 Å². The van der Waals surface area contributed by atoms with Gasteiger partial charge in [0.15, 0.2) is 0 Å². The van der Waals surface area contributed by atoms with E-state index < -0.39 is 0 Å². The molecule has 2 rings (SSSR count). The van der Waals surface area contributed by atoms with Gasteiger partial charge in [0.1, 0.15) is 5.82 Å². The summed E-state index contributed by atoms with van der Waals surface area (Å²) in [7, 11) is 0. The number of rotatable bonds is 0. The molecule has 12 heavy (non-hydrogen) atoms. The van der Waals surface area contributed by atoms with Crippen molar-refractivity contribution in [1.29, 1.82) is 0 Å². The second-order valence-corrected chi connectivity index (χ2v) is 2.60. The Kier molecular flexibility index (Phi) is 1.43. The number of H-pyrrole nitrogens is 1. The fourth-order valence-electron chi connectivity index (χ4n) is 1.15. The van der Waals surface area contributed by atoms with Crippen LogP contribution in [-0.2, 0) is 0 Å². The summed E-state index contributed by atoms with van der Waals surface area (Å²) in [5.41, 5.74) is 0.615. The van der Waals surface area contributed by atoms with E-state index in [2.05, 4.69) is 16.0 Å². The van der Waals surface area contributed by atoms with Crippen LogP contribution in [0.1, 0.15) is 5.82 Å². The molecule has 0 aliphatic rings. The standard InChI is InChI=1S/C9H7N2O/c1-6-10-8-5-3-2-4-7(8)9(12)11-6/h3-5H,1H3,(H,10,11,12). The molecule has 59 valence electrons. The summed E-state index contributed by atoms with van der Waals surface area (Å²) in [4.78, 5) is 18.0. The normalized spacial score (nSPS) is 10.4. The highest BCUT2D eigenvalue weighted by Crippen LogP contribution is 2.03. The lowest BCUT2D eigenvalue weighted by Crippen LogP contribution is -2.09. The van der Waals surface area contributed by atoms with Crippen LogP contribution in [0, 0.1) is 13.0 Å². The highest BCUT2D eigenvalue weighted by atomic mass is 16.1. The van der Waals surface area contributed by atoms with Gasteiger partial charge >= 0.3 is 0 Å². The fraction of sp³-hybridized carbons (Fsp3) is 0.111. The Labute approximate surface area is 69.1 Å². The number of hydrogen-bond acceptors (Lipinski definition) is 2. The van der Waals surface area contributed by atoms with Crippen molar-refractivity contribution < 1.29 is 0 Å². The number of nitrogens with one attached hydrogen (secondary N) is 1. The molecule has 0 amide bonds. The molecule has 2 aromatic rings. The molecule has 0 unspecified atom stereocenters. The lowest BCUT2D eigenvalue weighted by atomic mass is 10.2. The Morgan fingerprint density at radius 3 is 3.25 bits per heavy atom. The summed E-state index contributed by atoms with van der Waals surface area (Å²) in [6, 6.07) is 8.05. The minimum atomic E-state index is -0.196. The largest absolute Gasteiger partial charge is 0.343 e. The van der Waals surface area contributed by atoms with Crippen molar-refractivity contribution in [3.8, 4) is 0 Å². The molecule has 0 aliphatic heterocycles. The molecule has 0 spiro atoms. The minimum Gasteiger partial charge on any atom is -0.343 e. The van der Waals surface area contributed by atoms with Crippen molar-refractivity contribution >= 4 is 10.9 Å². The minimum absolute atomic E-state index is 0.196. The zero-order valence-electron chi connectivity index (χ0n) is 6.59. The molecule has 0 atom stereocenters. The lowest BCUT2D eigenvalue weighted by molar-refractivity contribution is 1.06. The monoisotopic (exact) mass is 159 g/mol. The van der Waals surface area contributed by atoms with E-state index in [-0.39, 0.29) is 5.56 Å². The molecule has 1 aromatic carbocycles. The van der Waals surface area contributed by atoms with Crippen molar-refractivity contribution in [3.63, 3.8) is 0 Å². The van der Waals surface area contributed by atoms with Crippen LogP contribution in [0.25, 0.3) is 10.9 Å².